The molecule has 6 heteroatoms. The molecule has 5 nitrogen and oxygen atoms in total. The molecule has 0 spiro atoms. The predicted octanol–water partition coefficient (Wildman–Crippen LogP) is 2.18. The van der Waals surface area contributed by atoms with Crippen LogP contribution in [0.3, 0.4) is 0 Å². The summed E-state index contributed by atoms with van der Waals surface area (Å²) in [6, 6.07) is 12.5. The number of carbonyl (C=O) groups excluding carboxylic acids is 1. The Hall–Kier alpha value is -2.34. The molecule has 4 rings (SSSR count). The fourth-order valence-electron chi connectivity index (χ4n) is 2.67. The molecule has 2 aliphatic heterocycles. The van der Waals surface area contributed by atoms with Crippen molar-refractivity contribution in [3.05, 3.63) is 48.0 Å². The number of para-hydroxylation sites is 1. The Morgan fingerprint density at radius 3 is 2.82 bits per heavy atom. The SMILES string of the molecule is O=C(c1ccc2c(c1)OCO2)N1CCS(=O)c2ccccc21. The van der Waals surface area contributed by atoms with Gasteiger partial charge in [-0.3, -0.25) is 9.00 Å². The Labute approximate surface area is 129 Å². The molecule has 2 aromatic rings. The molecule has 0 saturated carbocycles. The van der Waals surface area contributed by atoms with Crippen LogP contribution in [-0.2, 0) is 10.8 Å². The fourth-order valence-corrected chi connectivity index (χ4v) is 3.88. The molecule has 2 heterocycles. The number of benzene rings is 2. The van der Waals surface area contributed by atoms with Gasteiger partial charge in [0, 0.05) is 17.9 Å². The smallest absolute Gasteiger partial charge is 0.258 e. The van der Waals surface area contributed by atoms with Crippen LogP contribution in [0.25, 0.3) is 0 Å². The monoisotopic (exact) mass is 315 g/mol. The van der Waals surface area contributed by atoms with Gasteiger partial charge >= 0.3 is 0 Å². The average Bonchev–Trinajstić information content (AvgIpc) is 3.02. The maximum atomic E-state index is 12.8. The molecular weight excluding hydrogens is 302 g/mol. The molecule has 1 amide bonds. The first-order valence-corrected chi connectivity index (χ1v) is 8.25. The summed E-state index contributed by atoms with van der Waals surface area (Å²) in [5, 5.41) is 0. The summed E-state index contributed by atoms with van der Waals surface area (Å²) in [7, 11) is -1.05. The maximum Gasteiger partial charge on any atom is 0.258 e. The van der Waals surface area contributed by atoms with Crippen molar-refractivity contribution in [2.24, 2.45) is 0 Å². The zero-order valence-electron chi connectivity index (χ0n) is 11.7. The second kappa shape index (κ2) is 5.14. The summed E-state index contributed by atoms with van der Waals surface area (Å²) in [6.45, 7) is 0.620. The van der Waals surface area contributed by atoms with Crippen LogP contribution in [0.1, 0.15) is 10.4 Å². The first kappa shape index (κ1) is 13.3. The summed E-state index contributed by atoms with van der Waals surface area (Å²) in [5.41, 5.74) is 1.25. The third-order valence-electron chi connectivity index (χ3n) is 3.77. The molecule has 2 aromatic carbocycles. The normalized spacial score (nSPS) is 18.9. The zero-order chi connectivity index (χ0) is 15.1. The van der Waals surface area contributed by atoms with E-state index < -0.39 is 10.8 Å². The van der Waals surface area contributed by atoms with Crippen molar-refractivity contribution in [3.8, 4) is 11.5 Å². The highest BCUT2D eigenvalue weighted by molar-refractivity contribution is 7.85. The summed E-state index contributed by atoms with van der Waals surface area (Å²) in [5.74, 6) is 1.56. The second-order valence-corrected chi connectivity index (χ2v) is 6.58. The van der Waals surface area contributed by atoms with Crippen LogP contribution in [-0.4, -0.2) is 29.2 Å². The number of amides is 1. The van der Waals surface area contributed by atoms with Gasteiger partial charge in [0.1, 0.15) is 0 Å². The van der Waals surface area contributed by atoms with Gasteiger partial charge in [-0.2, -0.15) is 0 Å². The molecule has 0 saturated heterocycles. The summed E-state index contributed by atoms with van der Waals surface area (Å²) in [4.78, 5) is 15.2. The van der Waals surface area contributed by atoms with Crippen LogP contribution < -0.4 is 14.4 Å². The number of hydrogen-bond donors (Lipinski definition) is 0. The number of carbonyl (C=O) groups is 1. The standard InChI is InChI=1S/C16H13NO4S/c18-16(11-5-6-13-14(9-11)21-10-20-13)17-7-8-22(19)15-4-2-1-3-12(15)17/h1-6,9H,7-8,10H2. The van der Waals surface area contributed by atoms with Crippen molar-refractivity contribution >= 4 is 22.4 Å². The van der Waals surface area contributed by atoms with Crippen molar-refractivity contribution in [2.45, 2.75) is 4.90 Å². The van der Waals surface area contributed by atoms with Gasteiger partial charge in [0.05, 0.1) is 21.4 Å². The van der Waals surface area contributed by atoms with Crippen molar-refractivity contribution in [2.75, 3.05) is 24.0 Å². The predicted molar refractivity (Wildman–Crippen MR) is 82.0 cm³/mol. The Bertz CT molecular complexity index is 789. The van der Waals surface area contributed by atoms with E-state index in [9.17, 15) is 9.00 Å². The maximum absolute atomic E-state index is 12.8. The molecule has 0 radical (unpaired) electrons. The largest absolute Gasteiger partial charge is 0.454 e. The van der Waals surface area contributed by atoms with Crippen molar-refractivity contribution in [3.63, 3.8) is 0 Å². The van der Waals surface area contributed by atoms with Crippen LogP contribution in [0.4, 0.5) is 5.69 Å². The Morgan fingerprint density at radius 1 is 1.09 bits per heavy atom. The number of ether oxygens (including phenoxy) is 2. The highest BCUT2D eigenvalue weighted by Gasteiger charge is 2.28. The van der Waals surface area contributed by atoms with Gasteiger partial charge in [-0.15, -0.1) is 0 Å². The van der Waals surface area contributed by atoms with Crippen molar-refractivity contribution < 1.29 is 18.5 Å². The second-order valence-electron chi connectivity index (χ2n) is 5.04. The number of hydrogen-bond acceptors (Lipinski definition) is 4. The summed E-state index contributed by atoms with van der Waals surface area (Å²) >= 11 is 0. The molecule has 1 atom stereocenters. The van der Waals surface area contributed by atoms with Crippen LogP contribution in [0.15, 0.2) is 47.4 Å². The quantitative estimate of drug-likeness (QED) is 0.809. The minimum atomic E-state index is -1.05. The van der Waals surface area contributed by atoms with E-state index in [0.29, 0.717) is 34.3 Å². The molecule has 0 N–H and O–H groups in total. The minimum absolute atomic E-state index is 0.123. The molecule has 0 bridgehead atoms. The molecule has 2 aliphatic rings. The van der Waals surface area contributed by atoms with Crippen LogP contribution in [0, 0.1) is 0 Å². The van der Waals surface area contributed by atoms with E-state index in [0.717, 1.165) is 5.69 Å². The number of nitrogens with zero attached hydrogens (tertiary/aromatic N) is 1. The molecule has 0 fully saturated rings. The average molecular weight is 315 g/mol. The summed E-state index contributed by atoms with van der Waals surface area (Å²) < 4.78 is 22.7. The van der Waals surface area contributed by atoms with Gasteiger partial charge in [0.25, 0.3) is 5.91 Å². The molecule has 22 heavy (non-hydrogen) atoms. The Balaban J connectivity index is 1.72. The van der Waals surface area contributed by atoms with Crippen LogP contribution in [0.2, 0.25) is 0 Å². The highest BCUT2D eigenvalue weighted by Crippen LogP contribution is 2.34. The molecule has 0 aromatic heterocycles. The first-order valence-electron chi connectivity index (χ1n) is 6.93. The van der Waals surface area contributed by atoms with E-state index in [-0.39, 0.29) is 12.7 Å². The first-order chi connectivity index (χ1) is 10.7. The molecule has 1 unspecified atom stereocenters. The Morgan fingerprint density at radius 2 is 1.91 bits per heavy atom. The van der Waals surface area contributed by atoms with Gasteiger partial charge in [0.15, 0.2) is 11.5 Å². The number of anilines is 1. The minimum Gasteiger partial charge on any atom is -0.454 e. The third kappa shape index (κ3) is 2.07. The number of fused-ring (bicyclic) bond motifs is 2. The summed E-state index contributed by atoms with van der Waals surface area (Å²) in [6.07, 6.45) is 0. The lowest BCUT2D eigenvalue weighted by molar-refractivity contribution is 0.0987. The number of rotatable bonds is 1. The lowest BCUT2D eigenvalue weighted by Crippen LogP contribution is -2.38. The van der Waals surface area contributed by atoms with E-state index >= 15 is 0 Å². The molecule has 112 valence electrons. The Kier molecular flexibility index (Phi) is 3.11. The zero-order valence-corrected chi connectivity index (χ0v) is 12.5. The van der Waals surface area contributed by atoms with Gasteiger partial charge in [-0.05, 0) is 30.3 Å². The van der Waals surface area contributed by atoms with E-state index in [4.69, 9.17) is 9.47 Å². The van der Waals surface area contributed by atoms with Gasteiger partial charge in [-0.1, -0.05) is 12.1 Å². The van der Waals surface area contributed by atoms with Crippen molar-refractivity contribution in [1.29, 1.82) is 0 Å². The van der Waals surface area contributed by atoms with Crippen LogP contribution >= 0.6 is 0 Å². The van der Waals surface area contributed by atoms with E-state index in [1.165, 1.54) is 0 Å². The lowest BCUT2D eigenvalue weighted by Gasteiger charge is -2.28. The van der Waals surface area contributed by atoms with Crippen molar-refractivity contribution in [1.82, 2.24) is 0 Å². The van der Waals surface area contributed by atoms with E-state index in [2.05, 4.69) is 0 Å². The highest BCUT2D eigenvalue weighted by atomic mass is 32.2. The van der Waals surface area contributed by atoms with E-state index in [1.807, 2.05) is 24.3 Å². The van der Waals surface area contributed by atoms with E-state index in [1.54, 1.807) is 23.1 Å². The van der Waals surface area contributed by atoms with Gasteiger partial charge in [-0.25, -0.2) is 0 Å². The lowest BCUT2D eigenvalue weighted by atomic mass is 10.1. The third-order valence-corrected chi connectivity index (χ3v) is 5.16. The van der Waals surface area contributed by atoms with Gasteiger partial charge in [0.2, 0.25) is 6.79 Å². The molecule has 0 aliphatic carbocycles. The van der Waals surface area contributed by atoms with Gasteiger partial charge < -0.3 is 14.4 Å². The molecular formula is C16H13NO4S. The fraction of sp³-hybridized carbons (Fsp3) is 0.188. The van der Waals surface area contributed by atoms with Crippen LogP contribution in [0.5, 0.6) is 11.5 Å². The topological polar surface area (TPSA) is 55.8 Å².